The Labute approximate surface area is 142 Å². The van der Waals surface area contributed by atoms with Gasteiger partial charge in [0.25, 0.3) is 11.8 Å². The first-order valence-electron chi connectivity index (χ1n) is 7.88. The number of nitrogens with one attached hydrogen (secondary N) is 1. The van der Waals surface area contributed by atoms with Gasteiger partial charge in [-0.3, -0.25) is 4.79 Å². The van der Waals surface area contributed by atoms with E-state index in [0.29, 0.717) is 5.69 Å². The highest BCUT2D eigenvalue weighted by atomic mass is 19.3. The third kappa shape index (κ3) is 3.44. The van der Waals surface area contributed by atoms with Gasteiger partial charge < -0.3 is 10.1 Å². The fourth-order valence-corrected chi connectivity index (χ4v) is 2.64. The third-order valence-electron chi connectivity index (χ3n) is 3.91. The quantitative estimate of drug-likeness (QED) is 0.892. The molecule has 0 atom stereocenters. The Kier molecular flexibility index (Phi) is 4.39. The van der Waals surface area contributed by atoms with Crippen molar-refractivity contribution >= 4 is 11.6 Å². The lowest BCUT2D eigenvalue weighted by Crippen LogP contribution is -2.50. The molecule has 1 amide bonds. The van der Waals surface area contributed by atoms with Crippen LogP contribution in [-0.2, 0) is 11.3 Å². The molecule has 1 N–H and O–H groups in total. The predicted octanol–water partition coefficient (Wildman–Crippen LogP) is 2.05. The average Bonchev–Trinajstić information content (AvgIpc) is 2.88. The van der Waals surface area contributed by atoms with E-state index in [9.17, 15) is 18.8 Å². The summed E-state index contributed by atoms with van der Waals surface area (Å²) in [5, 5.41) is 16.2. The van der Waals surface area contributed by atoms with Gasteiger partial charge in [0.2, 0.25) is 0 Å². The van der Waals surface area contributed by atoms with Crippen molar-refractivity contribution in [1.29, 1.82) is 5.26 Å². The highest BCUT2D eigenvalue weighted by Crippen LogP contribution is 2.37. The number of halogens is 2. The molecule has 25 heavy (non-hydrogen) atoms. The first-order valence-corrected chi connectivity index (χ1v) is 7.88. The Bertz CT molecular complexity index is 848. The lowest BCUT2D eigenvalue weighted by Gasteiger charge is -2.35. The lowest BCUT2D eigenvalue weighted by molar-refractivity contribution is -0.0901. The molecular formula is C16H17F2N5O2. The molecule has 0 aromatic carbocycles. The Hall–Kier alpha value is -2.60. The van der Waals surface area contributed by atoms with E-state index in [1.165, 1.54) is 16.8 Å². The summed E-state index contributed by atoms with van der Waals surface area (Å²) in [6.07, 6.45) is 0.591. The maximum atomic E-state index is 12.9. The van der Waals surface area contributed by atoms with Gasteiger partial charge in [-0.05, 0) is 19.9 Å². The van der Waals surface area contributed by atoms with Crippen molar-refractivity contribution in [2.24, 2.45) is 0 Å². The molecule has 1 aliphatic carbocycles. The van der Waals surface area contributed by atoms with Crippen LogP contribution in [0.25, 0.3) is 5.65 Å². The zero-order valence-electron chi connectivity index (χ0n) is 13.8. The second kappa shape index (κ2) is 6.37. The maximum Gasteiger partial charge on any atom is 0.270 e. The van der Waals surface area contributed by atoms with E-state index in [4.69, 9.17) is 4.74 Å². The summed E-state index contributed by atoms with van der Waals surface area (Å²) in [5.41, 5.74) is 0.966. The Morgan fingerprint density at radius 3 is 2.88 bits per heavy atom. The minimum Gasteiger partial charge on any atom is -0.372 e. The monoisotopic (exact) mass is 349 g/mol. The van der Waals surface area contributed by atoms with Crippen LogP contribution in [0.2, 0.25) is 0 Å². The molecule has 0 radical (unpaired) electrons. The molecule has 0 bridgehead atoms. The van der Waals surface area contributed by atoms with Crippen molar-refractivity contribution in [3.8, 4) is 6.07 Å². The molecule has 1 saturated carbocycles. The van der Waals surface area contributed by atoms with Crippen LogP contribution >= 0.6 is 0 Å². The summed E-state index contributed by atoms with van der Waals surface area (Å²) in [7, 11) is 0. The van der Waals surface area contributed by atoms with Crippen LogP contribution in [-0.4, -0.2) is 38.6 Å². The number of fused-ring (bicyclic) bond motifs is 1. The predicted molar refractivity (Wildman–Crippen MR) is 83.1 cm³/mol. The van der Waals surface area contributed by atoms with Crippen molar-refractivity contribution in [3.63, 3.8) is 0 Å². The summed E-state index contributed by atoms with van der Waals surface area (Å²) >= 11 is 0. The number of carbonyl (C=O) groups is 1. The number of hydrogen-bond acceptors (Lipinski definition) is 5. The van der Waals surface area contributed by atoms with Gasteiger partial charge in [-0.1, -0.05) is 0 Å². The second-order valence-corrected chi connectivity index (χ2v) is 6.29. The molecule has 2 heterocycles. The van der Waals surface area contributed by atoms with E-state index in [0.717, 1.165) is 0 Å². The van der Waals surface area contributed by atoms with Crippen molar-refractivity contribution in [2.75, 3.05) is 0 Å². The van der Waals surface area contributed by atoms with Gasteiger partial charge in [-0.25, -0.2) is 18.3 Å². The largest absolute Gasteiger partial charge is 0.372 e. The van der Waals surface area contributed by atoms with E-state index in [-0.39, 0.29) is 42.5 Å². The van der Waals surface area contributed by atoms with Crippen LogP contribution < -0.4 is 5.32 Å². The number of nitrogens with zero attached hydrogens (tertiary/aromatic N) is 4. The first kappa shape index (κ1) is 17.2. The van der Waals surface area contributed by atoms with Crippen molar-refractivity contribution in [3.05, 3.63) is 29.2 Å². The standard InChI is InChI=1S/C16H17F2N5O2/c1-9(2)25-8-12-11(7-19)14-20-4-3-13(23(14)22-12)15(24)21-10-5-16(17,18)6-10/h3-4,9-10H,5-6,8H2,1-2H3,(H,21,24). The molecule has 1 aliphatic rings. The molecule has 132 valence electrons. The summed E-state index contributed by atoms with van der Waals surface area (Å²) in [5.74, 6) is -3.25. The summed E-state index contributed by atoms with van der Waals surface area (Å²) in [6.45, 7) is 3.82. The number of ether oxygens (including phenoxy) is 1. The smallest absolute Gasteiger partial charge is 0.270 e. The molecule has 0 saturated heterocycles. The van der Waals surface area contributed by atoms with E-state index in [2.05, 4.69) is 15.4 Å². The highest BCUT2D eigenvalue weighted by molar-refractivity contribution is 5.93. The Morgan fingerprint density at radius 1 is 1.56 bits per heavy atom. The fourth-order valence-electron chi connectivity index (χ4n) is 2.64. The van der Waals surface area contributed by atoms with Crippen LogP contribution in [0.5, 0.6) is 0 Å². The maximum absolute atomic E-state index is 12.9. The number of amides is 1. The number of alkyl halides is 2. The fraction of sp³-hybridized carbons (Fsp3) is 0.500. The number of hydrogen-bond donors (Lipinski definition) is 1. The summed E-state index contributed by atoms with van der Waals surface area (Å²) in [4.78, 5) is 16.5. The van der Waals surface area contributed by atoms with E-state index >= 15 is 0 Å². The molecule has 1 fully saturated rings. The first-order chi connectivity index (χ1) is 11.8. The topological polar surface area (TPSA) is 92.3 Å². The second-order valence-electron chi connectivity index (χ2n) is 6.29. The molecule has 3 rings (SSSR count). The normalized spacial score (nSPS) is 16.6. The van der Waals surface area contributed by atoms with E-state index in [1.54, 1.807) is 0 Å². The van der Waals surface area contributed by atoms with Crippen molar-refractivity contribution < 1.29 is 18.3 Å². The van der Waals surface area contributed by atoms with Crippen molar-refractivity contribution in [2.45, 2.75) is 51.4 Å². The average molecular weight is 349 g/mol. The van der Waals surface area contributed by atoms with Crippen LogP contribution in [0.3, 0.4) is 0 Å². The Morgan fingerprint density at radius 2 is 2.28 bits per heavy atom. The third-order valence-corrected chi connectivity index (χ3v) is 3.91. The highest BCUT2D eigenvalue weighted by Gasteiger charge is 2.46. The molecule has 2 aromatic rings. The zero-order valence-corrected chi connectivity index (χ0v) is 13.8. The molecule has 9 heteroatoms. The molecular weight excluding hydrogens is 332 g/mol. The number of carbonyl (C=O) groups excluding carboxylic acids is 1. The molecule has 7 nitrogen and oxygen atoms in total. The van der Waals surface area contributed by atoms with E-state index < -0.39 is 17.9 Å². The zero-order chi connectivity index (χ0) is 18.2. The van der Waals surface area contributed by atoms with Gasteiger partial charge in [0.1, 0.15) is 23.0 Å². The number of rotatable bonds is 5. The van der Waals surface area contributed by atoms with Gasteiger partial charge in [0, 0.05) is 25.1 Å². The SMILES string of the molecule is CC(C)OCc1nn2c(C(=O)NC3CC(F)(F)C3)ccnc2c1C#N. The van der Waals surface area contributed by atoms with Crippen LogP contribution in [0.15, 0.2) is 12.3 Å². The molecule has 2 aromatic heterocycles. The van der Waals surface area contributed by atoms with Crippen LogP contribution in [0.1, 0.15) is 48.4 Å². The van der Waals surface area contributed by atoms with Crippen LogP contribution in [0, 0.1) is 11.3 Å². The lowest BCUT2D eigenvalue weighted by atomic mass is 9.88. The summed E-state index contributed by atoms with van der Waals surface area (Å²) in [6, 6.07) is 2.89. The molecule has 0 aliphatic heterocycles. The molecule has 0 unspecified atom stereocenters. The number of nitriles is 1. The van der Waals surface area contributed by atoms with Gasteiger partial charge in [-0.2, -0.15) is 10.4 Å². The van der Waals surface area contributed by atoms with Crippen molar-refractivity contribution in [1.82, 2.24) is 19.9 Å². The van der Waals surface area contributed by atoms with Crippen LogP contribution in [0.4, 0.5) is 8.78 Å². The van der Waals surface area contributed by atoms with E-state index in [1.807, 2.05) is 19.9 Å². The molecule has 0 spiro atoms. The minimum atomic E-state index is -2.72. The minimum absolute atomic E-state index is 0.0487. The van der Waals surface area contributed by atoms with Gasteiger partial charge >= 0.3 is 0 Å². The summed E-state index contributed by atoms with van der Waals surface area (Å²) < 4.78 is 32.6. The van der Waals surface area contributed by atoms with Gasteiger partial charge in [0.05, 0.1) is 12.7 Å². The number of aromatic nitrogens is 3. The van der Waals surface area contributed by atoms with Gasteiger partial charge in [-0.15, -0.1) is 0 Å². The van der Waals surface area contributed by atoms with Gasteiger partial charge in [0.15, 0.2) is 5.65 Å². The Balaban J connectivity index is 1.88.